The van der Waals surface area contributed by atoms with E-state index in [4.69, 9.17) is 16.3 Å². The number of nitrogens with one attached hydrogen (secondary N) is 2. The van der Waals surface area contributed by atoms with Crippen molar-refractivity contribution < 1.29 is 9.53 Å². The monoisotopic (exact) mass is 365 g/mol. The summed E-state index contributed by atoms with van der Waals surface area (Å²) in [6, 6.07) is 3.14. The van der Waals surface area contributed by atoms with Crippen LogP contribution in [0.2, 0.25) is 5.02 Å². The number of hydrogen-bond donors (Lipinski definition) is 2. The van der Waals surface area contributed by atoms with Crippen LogP contribution in [0.3, 0.4) is 0 Å². The van der Waals surface area contributed by atoms with Gasteiger partial charge in [0.25, 0.3) is 0 Å². The smallest absolute Gasteiger partial charge is 0.319 e. The van der Waals surface area contributed by atoms with Gasteiger partial charge >= 0.3 is 6.03 Å². The SMILES string of the molecule is CCCn1cc(NC(=O)NC(C)(CC)COc2ncccc2Cl)cn1. The summed E-state index contributed by atoms with van der Waals surface area (Å²) < 4.78 is 7.47. The Morgan fingerprint density at radius 3 is 2.92 bits per heavy atom. The molecule has 0 spiro atoms. The first kappa shape index (κ1) is 19.1. The van der Waals surface area contributed by atoms with Gasteiger partial charge in [-0.25, -0.2) is 9.78 Å². The average molecular weight is 366 g/mol. The van der Waals surface area contributed by atoms with Crippen LogP contribution >= 0.6 is 11.6 Å². The topological polar surface area (TPSA) is 81.1 Å². The van der Waals surface area contributed by atoms with Crippen LogP contribution in [0.5, 0.6) is 5.88 Å². The number of amides is 2. The fraction of sp³-hybridized carbons (Fsp3) is 0.471. The van der Waals surface area contributed by atoms with E-state index in [1.165, 1.54) is 0 Å². The van der Waals surface area contributed by atoms with Crippen LogP contribution in [0.15, 0.2) is 30.7 Å². The molecule has 2 aromatic rings. The van der Waals surface area contributed by atoms with E-state index in [2.05, 4.69) is 27.6 Å². The Bertz CT molecular complexity index is 706. The molecule has 0 aliphatic carbocycles. The van der Waals surface area contributed by atoms with E-state index in [0.29, 0.717) is 23.0 Å². The lowest BCUT2D eigenvalue weighted by Crippen LogP contribution is -2.51. The molecule has 0 saturated heterocycles. The zero-order valence-electron chi connectivity index (χ0n) is 14.8. The van der Waals surface area contributed by atoms with Crippen LogP contribution in [0.25, 0.3) is 0 Å². The number of carbonyl (C=O) groups excluding carboxylic acids is 1. The Morgan fingerprint density at radius 2 is 2.24 bits per heavy atom. The van der Waals surface area contributed by atoms with E-state index < -0.39 is 5.54 Å². The van der Waals surface area contributed by atoms with Crippen molar-refractivity contribution >= 4 is 23.3 Å². The molecule has 0 aliphatic heterocycles. The summed E-state index contributed by atoms with van der Waals surface area (Å²) in [4.78, 5) is 16.4. The number of carbonyl (C=O) groups is 1. The highest BCUT2D eigenvalue weighted by Gasteiger charge is 2.26. The molecule has 0 bridgehead atoms. The molecule has 8 heteroatoms. The zero-order chi connectivity index (χ0) is 18.3. The molecular weight excluding hydrogens is 342 g/mol. The predicted octanol–water partition coefficient (Wildman–Crippen LogP) is 3.71. The Labute approximate surface area is 152 Å². The minimum Gasteiger partial charge on any atom is -0.474 e. The number of aryl methyl sites for hydroxylation is 1. The number of aromatic nitrogens is 3. The number of ether oxygens (including phenoxy) is 1. The average Bonchev–Trinajstić information content (AvgIpc) is 3.01. The lowest BCUT2D eigenvalue weighted by atomic mass is 10.0. The van der Waals surface area contributed by atoms with Crippen molar-refractivity contribution in [1.82, 2.24) is 20.1 Å². The maximum atomic E-state index is 12.3. The normalized spacial score (nSPS) is 13.1. The Hall–Kier alpha value is -2.28. The summed E-state index contributed by atoms with van der Waals surface area (Å²) in [6.45, 7) is 7.02. The second-order valence-corrected chi connectivity index (χ2v) is 6.47. The second-order valence-electron chi connectivity index (χ2n) is 6.06. The van der Waals surface area contributed by atoms with Gasteiger partial charge in [0.05, 0.1) is 17.4 Å². The molecule has 2 heterocycles. The third-order valence-corrected chi connectivity index (χ3v) is 4.08. The van der Waals surface area contributed by atoms with Crippen molar-refractivity contribution in [3.63, 3.8) is 0 Å². The fourth-order valence-electron chi connectivity index (χ4n) is 2.15. The Morgan fingerprint density at radius 1 is 1.44 bits per heavy atom. The first-order valence-electron chi connectivity index (χ1n) is 8.30. The summed E-state index contributed by atoms with van der Waals surface area (Å²) in [5, 5.41) is 10.4. The second kappa shape index (κ2) is 8.71. The van der Waals surface area contributed by atoms with Crippen LogP contribution in [-0.4, -0.2) is 32.9 Å². The molecule has 25 heavy (non-hydrogen) atoms. The van der Waals surface area contributed by atoms with Gasteiger partial charge in [-0.15, -0.1) is 0 Å². The highest BCUT2D eigenvalue weighted by atomic mass is 35.5. The quantitative estimate of drug-likeness (QED) is 0.747. The first-order valence-corrected chi connectivity index (χ1v) is 8.68. The Kier molecular flexibility index (Phi) is 6.64. The third kappa shape index (κ3) is 5.63. The first-order chi connectivity index (χ1) is 12.0. The zero-order valence-corrected chi connectivity index (χ0v) is 15.5. The van der Waals surface area contributed by atoms with Gasteiger partial charge in [-0.1, -0.05) is 25.4 Å². The van der Waals surface area contributed by atoms with E-state index in [1.54, 1.807) is 35.4 Å². The van der Waals surface area contributed by atoms with Crippen LogP contribution in [0.1, 0.15) is 33.6 Å². The molecule has 136 valence electrons. The standard InChI is InChI=1S/C17H24ClN5O2/c1-4-9-23-11-13(10-20-23)21-16(24)22-17(3,5-2)12-25-15-14(18)7-6-8-19-15/h6-8,10-11H,4-5,9,12H2,1-3H3,(H2,21,22,24). The number of pyridine rings is 1. The predicted molar refractivity (Wildman–Crippen MR) is 98.1 cm³/mol. The molecule has 2 N–H and O–H groups in total. The molecule has 1 unspecified atom stereocenters. The largest absolute Gasteiger partial charge is 0.474 e. The maximum absolute atomic E-state index is 12.3. The maximum Gasteiger partial charge on any atom is 0.319 e. The van der Waals surface area contributed by atoms with Gasteiger partial charge in [-0.3, -0.25) is 4.68 Å². The highest BCUT2D eigenvalue weighted by molar-refractivity contribution is 6.31. The minimum absolute atomic E-state index is 0.253. The van der Waals surface area contributed by atoms with Gasteiger partial charge in [-0.05, 0) is 31.9 Å². The van der Waals surface area contributed by atoms with Crippen molar-refractivity contribution in [3.05, 3.63) is 35.7 Å². The van der Waals surface area contributed by atoms with Gasteiger partial charge < -0.3 is 15.4 Å². The van der Waals surface area contributed by atoms with Gasteiger partial charge in [0.1, 0.15) is 11.6 Å². The summed E-state index contributed by atoms with van der Waals surface area (Å²) >= 11 is 6.04. The molecule has 0 aromatic carbocycles. The van der Waals surface area contributed by atoms with Crippen molar-refractivity contribution in [2.45, 2.75) is 45.7 Å². The Balaban J connectivity index is 1.92. The third-order valence-electron chi connectivity index (χ3n) is 3.79. The molecule has 2 amide bonds. The highest BCUT2D eigenvalue weighted by Crippen LogP contribution is 2.22. The van der Waals surface area contributed by atoms with Crippen LogP contribution in [-0.2, 0) is 6.54 Å². The van der Waals surface area contributed by atoms with Gasteiger partial charge in [-0.2, -0.15) is 5.10 Å². The van der Waals surface area contributed by atoms with Crippen LogP contribution < -0.4 is 15.4 Å². The van der Waals surface area contributed by atoms with E-state index in [0.717, 1.165) is 13.0 Å². The minimum atomic E-state index is -0.565. The molecule has 0 fully saturated rings. The van der Waals surface area contributed by atoms with Gasteiger partial charge in [0.2, 0.25) is 5.88 Å². The number of urea groups is 1. The van der Waals surface area contributed by atoms with Crippen molar-refractivity contribution in [2.75, 3.05) is 11.9 Å². The summed E-state index contributed by atoms with van der Waals surface area (Å²) in [5.41, 5.74) is 0.0859. The fourth-order valence-corrected chi connectivity index (χ4v) is 2.32. The number of anilines is 1. The van der Waals surface area contributed by atoms with E-state index in [-0.39, 0.29) is 12.6 Å². The molecule has 1 atom stereocenters. The number of rotatable bonds is 8. The lowest BCUT2D eigenvalue weighted by molar-refractivity contribution is 0.183. The lowest BCUT2D eigenvalue weighted by Gasteiger charge is -2.29. The van der Waals surface area contributed by atoms with Crippen molar-refractivity contribution in [3.8, 4) is 5.88 Å². The summed E-state index contributed by atoms with van der Waals surface area (Å²) in [7, 11) is 0. The number of nitrogens with zero attached hydrogens (tertiary/aromatic N) is 3. The number of halogens is 1. The van der Waals surface area contributed by atoms with E-state index in [1.807, 2.05) is 13.8 Å². The molecule has 0 aliphatic rings. The van der Waals surface area contributed by atoms with Crippen molar-refractivity contribution in [2.24, 2.45) is 0 Å². The molecule has 7 nitrogen and oxygen atoms in total. The molecule has 2 aromatic heterocycles. The van der Waals surface area contributed by atoms with E-state index >= 15 is 0 Å². The molecule has 0 saturated carbocycles. The molecule has 0 radical (unpaired) electrons. The number of hydrogen-bond acceptors (Lipinski definition) is 4. The van der Waals surface area contributed by atoms with Crippen LogP contribution in [0, 0.1) is 0 Å². The van der Waals surface area contributed by atoms with Crippen LogP contribution in [0.4, 0.5) is 10.5 Å². The molecular formula is C17H24ClN5O2. The van der Waals surface area contributed by atoms with E-state index in [9.17, 15) is 4.79 Å². The summed E-state index contributed by atoms with van der Waals surface area (Å²) in [6.07, 6.45) is 6.70. The van der Waals surface area contributed by atoms with Gasteiger partial charge in [0.15, 0.2) is 0 Å². The van der Waals surface area contributed by atoms with Gasteiger partial charge in [0, 0.05) is 18.9 Å². The summed E-state index contributed by atoms with van der Waals surface area (Å²) in [5.74, 6) is 0.354. The van der Waals surface area contributed by atoms with Crippen molar-refractivity contribution in [1.29, 1.82) is 0 Å². The molecule has 2 rings (SSSR count).